The number of amidine groups is 1. The van der Waals surface area contributed by atoms with Gasteiger partial charge in [0, 0.05) is 17.7 Å². The topological polar surface area (TPSA) is 93.5 Å². The van der Waals surface area contributed by atoms with E-state index in [2.05, 4.69) is 10.3 Å². The standard InChI is InChI=1S/C10H12N4O2.ClH/c1-6-5-12-10(13-6)7-2-3-8(11)9(4-7)14(15)16;/h2-4,6H,5,11H2,1H3,(H,12,13);1H/t6-;/m0./s1. The Hall–Kier alpha value is -1.82. The lowest BCUT2D eigenvalue weighted by Crippen LogP contribution is -2.27. The highest BCUT2D eigenvalue weighted by molar-refractivity contribution is 6.01. The van der Waals surface area contributed by atoms with Gasteiger partial charge < -0.3 is 11.1 Å². The molecule has 0 aliphatic carbocycles. The summed E-state index contributed by atoms with van der Waals surface area (Å²) in [7, 11) is 0. The largest absolute Gasteiger partial charge is 0.393 e. The lowest BCUT2D eigenvalue weighted by atomic mass is 10.1. The van der Waals surface area contributed by atoms with E-state index in [1.165, 1.54) is 12.1 Å². The number of nitro benzene ring substituents is 1. The monoisotopic (exact) mass is 256 g/mol. The predicted molar refractivity (Wildman–Crippen MR) is 68.8 cm³/mol. The fraction of sp³-hybridized carbons (Fsp3) is 0.300. The number of rotatable bonds is 2. The van der Waals surface area contributed by atoms with Crippen LogP contribution in [0, 0.1) is 10.1 Å². The van der Waals surface area contributed by atoms with Crippen LogP contribution in [0.25, 0.3) is 0 Å². The Labute approximate surface area is 104 Å². The SMILES string of the molecule is C[C@H]1CN=C(c2ccc(N)c([N+](=O)[O-])c2)N1.Cl. The van der Waals surface area contributed by atoms with Crippen molar-refractivity contribution in [2.24, 2.45) is 4.99 Å². The maximum atomic E-state index is 10.7. The number of nitrogens with zero attached hydrogens (tertiary/aromatic N) is 2. The summed E-state index contributed by atoms with van der Waals surface area (Å²) in [5, 5.41) is 13.9. The van der Waals surface area contributed by atoms with Gasteiger partial charge in [0.05, 0.1) is 11.5 Å². The van der Waals surface area contributed by atoms with Gasteiger partial charge >= 0.3 is 0 Å². The Bertz CT molecular complexity index is 475. The zero-order chi connectivity index (χ0) is 11.7. The van der Waals surface area contributed by atoms with Crippen LogP contribution < -0.4 is 11.1 Å². The van der Waals surface area contributed by atoms with Crippen molar-refractivity contribution < 1.29 is 4.92 Å². The molecule has 0 bridgehead atoms. The summed E-state index contributed by atoms with van der Waals surface area (Å²) < 4.78 is 0. The van der Waals surface area contributed by atoms with Gasteiger partial charge in [-0.2, -0.15) is 0 Å². The first-order valence-corrected chi connectivity index (χ1v) is 4.93. The highest BCUT2D eigenvalue weighted by Gasteiger charge is 2.18. The minimum Gasteiger partial charge on any atom is -0.393 e. The zero-order valence-corrected chi connectivity index (χ0v) is 10.0. The van der Waals surface area contributed by atoms with Gasteiger partial charge in [0.1, 0.15) is 11.5 Å². The number of nitro groups is 1. The van der Waals surface area contributed by atoms with Crippen LogP contribution in [0.3, 0.4) is 0 Å². The molecular weight excluding hydrogens is 244 g/mol. The van der Waals surface area contributed by atoms with Gasteiger partial charge in [-0.05, 0) is 19.1 Å². The molecule has 1 aliphatic rings. The third kappa shape index (κ3) is 2.65. The summed E-state index contributed by atoms with van der Waals surface area (Å²) >= 11 is 0. The average molecular weight is 257 g/mol. The average Bonchev–Trinajstić information content (AvgIpc) is 2.65. The number of hydrogen-bond donors (Lipinski definition) is 2. The predicted octanol–water partition coefficient (Wildman–Crippen LogP) is 1.34. The highest BCUT2D eigenvalue weighted by atomic mass is 35.5. The van der Waals surface area contributed by atoms with E-state index in [0.29, 0.717) is 17.9 Å². The second kappa shape index (κ2) is 5.01. The van der Waals surface area contributed by atoms with Crippen molar-refractivity contribution in [3.8, 4) is 0 Å². The molecule has 0 unspecified atom stereocenters. The van der Waals surface area contributed by atoms with Crippen molar-refractivity contribution in [3.63, 3.8) is 0 Å². The molecule has 0 saturated heterocycles. The Morgan fingerprint density at radius 1 is 1.59 bits per heavy atom. The summed E-state index contributed by atoms with van der Waals surface area (Å²) in [5.41, 5.74) is 6.30. The molecule has 1 heterocycles. The maximum absolute atomic E-state index is 10.7. The van der Waals surface area contributed by atoms with E-state index in [1.807, 2.05) is 6.92 Å². The molecule has 1 aliphatic heterocycles. The zero-order valence-electron chi connectivity index (χ0n) is 9.21. The molecule has 0 aromatic heterocycles. The van der Waals surface area contributed by atoms with E-state index in [4.69, 9.17) is 5.73 Å². The fourth-order valence-electron chi connectivity index (χ4n) is 1.58. The second-order valence-electron chi connectivity index (χ2n) is 3.77. The molecule has 0 spiro atoms. The summed E-state index contributed by atoms with van der Waals surface area (Å²) in [6.45, 7) is 2.69. The number of nitrogens with two attached hydrogens (primary N) is 1. The van der Waals surface area contributed by atoms with E-state index in [9.17, 15) is 10.1 Å². The van der Waals surface area contributed by atoms with Crippen LogP contribution in [0.2, 0.25) is 0 Å². The third-order valence-corrected chi connectivity index (χ3v) is 2.41. The number of nitrogens with one attached hydrogen (secondary N) is 1. The lowest BCUT2D eigenvalue weighted by molar-refractivity contribution is -0.383. The van der Waals surface area contributed by atoms with E-state index >= 15 is 0 Å². The minimum atomic E-state index is -0.488. The summed E-state index contributed by atoms with van der Waals surface area (Å²) in [6.07, 6.45) is 0. The first-order chi connectivity index (χ1) is 7.58. The number of hydrogen-bond acceptors (Lipinski definition) is 5. The van der Waals surface area contributed by atoms with Crippen molar-refractivity contribution in [1.82, 2.24) is 5.32 Å². The number of anilines is 1. The second-order valence-corrected chi connectivity index (χ2v) is 3.77. The Balaban J connectivity index is 0.00000144. The molecule has 92 valence electrons. The van der Waals surface area contributed by atoms with Crippen molar-refractivity contribution in [2.75, 3.05) is 12.3 Å². The molecule has 0 amide bonds. The van der Waals surface area contributed by atoms with Crippen LogP contribution >= 0.6 is 12.4 Å². The van der Waals surface area contributed by atoms with Crippen LogP contribution in [0.15, 0.2) is 23.2 Å². The minimum absolute atomic E-state index is 0. The van der Waals surface area contributed by atoms with E-state index in [0.717, 1.165) is 0 Å². The van der Waals surface area contributed by atoms with Crippen molar-refractivity contribution in [1.29, 1.82) is 0 Å². The first kappa shape index (κ1) is 13.2. The molecule has 1 aromatic carbocycles. The van der Waals surface area contributed by atoms with Crippen molar-refractivity contribution >= 4 is 29.6 Å². The van der Waals surface area contributed by atoms with Gasteiger partial charge in [-0.25, -0.2) is 0 Å². The maximum Gasteiger partial charge on any atom is 0.292 e. The number of aliphatic imine (C=N–C) groups is 1. The van der Waals surface area contributed by atoms with Crippen LogP contribution in [-0.2, 0) is 0 Å². The smallest absolute Gasteiger partial charge is 0.292 e. The number of benzene rings is 1. The molecule has 1 atom stereocenters. The highest BCUT2D eigenvalue weighted by Crippen LogP contribution is 2.23. The van der Waals surface area contributed by atoms with Crippen LogP contribution in [0.4, 0.5) is 11.4 Å². The van der Waals surface area contributed by atoms with Gasteiger partial charge in [0.15, 0.2) is 0 Å². The van der Waals surface area contributed by atoms with Crippen molar-refractivity contribution in [2.45, 2.75) is 13.0 Å². The molecule has 7 heteroatoms. The van der Waals surface area contributed by atoms with E-state index in [-0.39, 0.29) is 29.8 Å². The number of nitrogen functional groups attached to an aromatic ring is 1. The summed E-state index contributed by atoms with van der Waals surface area (Å²) in [5.74, 6) is 0.690. The summed E-state index contributed by atoms with van der Waals surface area (Å²) in [6, 6.07) is 4.97. The van der Waals surface area contributed by atoms with E-state index < -0.39 is 4.92 Å². The molecule has 3 N–H and O–H groups in total. The van der Waals surface area contributed by atoms with Crippen LogP contribution in [0.1, 0.15) is 12.5 Å². The molecule has 6 nitrogen and oxygen atoms in total. The molecule has 0 saturated carbocycles. The lowest BCUT2D eigenvalue weighted by Gasteiger charge is -2.06. The quantitative estimate of drug-likeness (QED) is 0.474. The van der Waals surface area contributed by atoms with Gasteiger partial charge in [-0.15, -0.1) is 12.4 Å². The van der Waals surface area contributed by atoms with Gasteiger partial charge in [0.2, 0.25) is 0 Å². The van der Waals surface area contributed by atoms with E-state index in [1.54, 1.807) is 6.07 Å². The first-order valence-electron chi connectivity index (χ1n) is 4.93. The van der Waals surface area contributed by atoms with Crippen molar-refractivity contribution in [3.05, 3.63) is 33.9 Å². The normalized spacial score (nSPS) is 17.9. The van der Waals surface area contributed by atoms with Gasteiger partial charge in [-0.3, -0.25) is 15.1 Å². The van der Waals surface area contributed by atoms with Crippen LogP contribution in [0.5, 0.6) is 0 Å². The molecule has 0 radical (unpaired) electrons. The van der Waals surface area contributed by atoms with Crippen LogP contribution in [-0.4, -0.2) is 23.3 Å². The molecule has 2 rings (SSSR count). The Morgan fingerprint density at radius 3 is 2.82 bits per heavy atom. The third-order valence-electron chi connectivity index (χ3n) is 2.41. The Kier molecular flexibility index (Phi) is 3.90. The molecular formula is C10H13ClN4O2. The Morgan fingerprint density at radius 2 is 2.29 bits per heavy atom. The fourth-order valence-corrected chi connectivity index (χ4v) is 1.58. The van der Waals surface area contributed by atoms with Gasteiger partial charge in [-0.1, -0.05) is 0 Å². The molecule has 1 aromatic rings. The summed E-state index contributed by atoms with van der Waals surface area (Å²) in [4.78, 5) is 14.5. The van der Waals surface area contributed by atoms with Gasteiger partial charge in [0.25, 0.3) is 5.69 Å². The number of halogens is 1. The molecule has 0 fully saturated rings. The molecule has 17 heavy (non-hydrogen) atoms.